The van der Waals surface area contributed by atoms with Crippen molar-refractivity contribution < 1.29 is 13.9 Å². The molecule has 0 aliphatic rings. The summed E-state index contributed by atoms with van der Waals surface area (Å²) in [7, 11) is 1.39. The Bertz CT molecular complexity index is 384. The lowest BCUT2D eigenvalue weighted by Crippen LogP contribution is -2.34. The Morgan fingerprint density at radius 1 is 1.62 bits per heavy atom. The van der Waals surface area contributed by atoms with Crippen LogP contribution in [0.15, 0.2) is 18.2 Å². The van der Waals surface area contributed by atoms with E-state index in [0.717, 1.165) is 0 Å². The first-order chi connectivity index (χ1) is 7.60. The van der Waals surface area contributed by atoms with Gasteiger partial charge in [-0.2, -0.15) is 0 Å². The summed E-state index contributed by atoms with van der Waals surface area (Å²) in [5.41, 5.74) is -0.0954. The van der Waals surface area contributed by atoms with E-state index in [0.29, 0.717) is 0 Å². The summed E-state index contributed by atoms with van der Waals surface area (Å²) >= 11 is 5.56. The van der Waals surface area contributed by atoms with Crippen molar-refractivity contribution in [1.29, 1.82) is 0 Å². The molecule has 0 fully saturated rings. The van der Waals surface area contributed by atoms with Crippen LogP contribution in [0.25, 0.3) is 0 Å². The summed E-state index contributed by atoms with van der Waals surface area (Å²) in [6.45, 7) is 1.73. The van der Waals surface area contributed by atoms with Gasteiger partial charge in [0.15, 0.2) is 0 Å². The molecule has 1 N–H and O–H groups in total. The highest BCUT2D eigenvalue weighted by atomic mass is 35.5. The average molecular weight is 246 g/mol. The van der Waals surface area contributed by atoms with Gasteiger partial charge >= 0.3 is 0 Å². The highest BCUT2D eigenvalue weighted by Gasteiger charge is 2.18. The van der Waals surface area contributed by atoms with Crippen molar-refractivity contribution >= 4 is 17.5 Å². The van der Waals surface area contributed by atoms with E-state index in [9.17, 15) is 9.18 Å². The summed E-state index contributed by atoms with van der Waals surface area (Å²) in [5.74, 6) is -0.663. The molecule has 0 saturated carbocycles. The first kappa shape index (κ1) is 12.8. The van der Waals surface area contributed by atoms with Crippen molar-refractivity contribution in [1.82, 2.24) is 5.32 Å². The molecule has 16 heavy (non-hydrogen) atoms. The molecule has 0 saturated heterocycles. The monoisotopic (exact) mass is 245 g/mol. The van der Waals surface area contributed by atoms with Crippen molar-refractivity contribution in [2.24, 2.45) is 0 Å². The van der Waals surface area contributed by atoms with Gasteiger partial charge in [-0.15, -0.1) is 11.6 Å². The van der Waals surface area contributed by atoms with E-state index in [1.807, 2.05) is 0 Å². The zero-order valence-electron chi connectivity index (χ0n) is 9.09. The second-order valence-corrected chi connectivity index (χ2v) is 3.65. The number of ether oxygens (including phenoxy) is 1. The van der Waals surface area contributed by atoms with Gasteiger partial charge in [-0.05, 0) is 19.1 Å². The molecule has 5 heteroatoms. The van der Waals surface area contributed by atoms with E-state index in [4.69, 9.17) is 16.3 Å². The molecule has 3 nitrogen and oxygen atoms in total. The van der Waals surface area contributed by atoms with Crippen LogP contribution in [0.2, 0.25) is 0 Å². The molecular formula is C11H13ClFNO2. The van der Waals surface area contributed by atoms with Crippen LogP contribution < -0.4 is 10.1 Å². The maximum atomic E-state index is 13.5. The third-order valence-electron chi connectivity index (χ3n) is 2.03. The predicted molar refractivity (Wildman–Crippen MR) is 60.6 cm³/mol. The first-order valence-corrected chi connectivity index (χ1v) is 5.33. The maximum absolute atomic E-state index is 13.5. The van der Waals surface area contributed by atoms with E-state index in [1.54, 1.807) is 6.92 Å². The lowest BCUT2D eigenvalue weighted by Gasteiger charge is -2.13. The van der Waals surface area contributed by atoms with E-state index in [2.05, 4.69) is 5.32 Å². The number of nitrogens with one attached hydrogen (secondary N) is 1. The number of carbonyl (C=O) groups excluding carboxylic acids is 1. The van der Waals surface area contributed by atoms with Crippen LogP contribution in [0, 0.1) is 5.82 Å². The lowest BCUT2D eigenvalue weighted by atomic mass is 10.1. The van der Waals surface area contributed by atoms with Gasteiger partial charge in [-0.25, -0.2) is 4.39 Å². The van der Waals surface area contributed by atoms with Crippen molar-refractivity contribution in [3.05, 3.63) is 29.6 Å². The second-order valence-electron chi connectivity index (χ2n) is 3.35. The zero-order chi connectivity index (χ0) is 12.1. The summed E-state index contributed by atoms with van der Waals surface area (Å²) in [4.78, 5) is 11.7. The Kier molecular flexibility index (Phi) is 4.55. The van der Waals surface area contributed by atoms with E-state index < -0.39 is 11.7 Å². The number of alkyl halides is 1. The Balaban J connectivity index is 2.98. The van der Waals surface area contributed by atoms with Crippen molar-refractivity contribution in [3.8, 4) is 5.75 Å². The van der Waals surface area contributed by atoms with Crippen LogP contribution in [0.5, 0.6) is 5.75 Å². The van der Waals surface area contributed by atoms with E-state index in [1.165, 1.54) is 25.3 Å². The molecule has 0 bridgehead atoms. The van der Waals surface area contributed by atoms with Gasteiger partial charge in [-0.3, -0.25) is 4.79 Å². The fourth-order valence-corrected chi connectivity index (χ4v) is 1.31. The molecule has 0 aromatic heterocycles. The standard InChI is InChI=1S/C11H13ClFNO2/c1-7(6-12)14-11(15)10-8(13)4-3-5-9(10)16-2/h3-5,7H,6H2,1-2H3,(H,14,15). The summed E-state index contributed by atoms with van der Waals surface area (Å²) < 4.78 is 18.4. The number of carbonyl (C=O) groups is 1. The molecule has 0 aliphatic heterocycles. The number of amides is 1. The maximum Gasteiger partial charge on any atom is 0.258 e. The molecular weight excluding hydrogens is 233 g/mol. The van der Waals surface area contributed by atoms with Crippen LogP contribution in [0.4, 0.5) is 4.39 Å². The smallest absolute Gasteiger partial charge is 0.258 e. The van der Waals surface area contributed by atoms with Crippen molar-refractivity contribution in [2.75, 3.05) is 13.0 Å². The molecule has 1 atom stereocenters. The van der Waals surface area contributed by atoms with Crippen LogP contribution in [-0.2, 0) is 0 Å². The molecule has 1 unspecified atom stereocenters. The minimum absolute atomic E-state index is 0.0954. The Hall–Kier alpha value is -1.29. The van der Waals surface area contributed by atoms with E-state index >= 15 is 0 Å². The second kappa shape index (κ2) is 5.70. The summed E-state index contributed by atoms with van der Waals surface area (Å²) in [6, 6.07) is 4.00. The predicted octanol–water partition coefficient (Wildman–Crippen LogP) is 2.19. The molecule has 1 rings (SSSR count). The van der Waals surface area contributed by atoms with Gasteiger partial charge in [0.25, 0.3) is 5.91 Å². The fraction of sp³-hybridized carbons (Fsp3) is 0.364. The summed E-state index contributed by atoms with van der Waals surface area (Å²) in [6.07, 6.45) is 0. The number of rotatable bonds is 4. The largest absolute Gasteiger partial charge is 0.496 e. The zero-order valence-corrected chi connectivity index (χ0v) is 9.84. The van der Waals surface area contributed by atoms with E-state index in [-0.39, 0.29) is 23.2 Å². The minimum Gasteiger partial charge on any atom is -0.496 e. The van der Waals surface area contributed by atoms with Gasteiger partial charge in [0.05, 0.1) is 7.11 Å². The topological polar surface area (TPSA) is 38.3 Å². The summed E-state index contributed by atoms with van der Waals surface area (Å²) in [5, 5.41) is 2.57. The minimum atomic E-state index is -0.612. The molecule has 0 aliphatic carbocycles. The number of benzene rings is 1. The Morgan fingerprint density at radius 3 is 2.88 bits per heavy atom. The number of hydrogen-bond acceptors (Lipinski definition) is 2. The quantitative estimate of drug-likeness (QED) is 0.826. The molecule has 1 amide bonds. The van der Waals surface area contributed by atoms with Crippen LogP contribution >= 0.6 is 11.6 Å². The lowest BCUT2D eigenvalue weighted by molar-refractivity contribution is 0.0936. The first-order valence-electron chi connectivity index (χ1n) is 4.79. The molecule has 1 aromatic carbocycles. The Labute approximate surface area is 98.5 Å². The molecule has 0 spiro atoms. The van der Waals surface area contributed by atoms with Crippen LogP contribution in [-0.4, -0.2) is 24.9 Å². The highest BCUT2D eigenvalue weighted by molar-refractivity contribution is 6.18. The van der Waals surface area contributed by atoms with Crippen LogP contribution in [0.3, 0.4) is 0 Å². The molecule has 88 valence electrons. The number of halogens is 2. The molecule has 1 aromatic rings. The highest BCUT2D eigenvalue weighted by Crippen LogP contribution is 2.20. The van der Waals surface area contributed by atoms with Crippen molar-refractivity contribution in [3.63, 3.8) is 0 Å². The van der Waals surface area contributed by atoms with Gasteiger partial charge in [0.1, 0.15) is 17.1 Å². The normalized spacial score (nSPS) is 12.0. The number of hydrogen-bond donors (Lipinski definition) is 1. The Morgan fingerprint density at radius 2 is 2.31 bits per heavy atom. The average Bonchev–Trinajstić information content (AvgIpc) is 2.28. The molecule has 0 radical (unpaired) electrons. The third-order valence-corrected chi connectivity index (χ3v) is 2.49. The van der Waals surface area contributed by atoms with Gasteiger partial charge in [0.2, 0.25) is 0 Å². The van der Waals surface area contributed by atoms with Crippen LogP contribution in [0.1, 0.15) is 17.3 Å². The van der Waals surface area contributed by atoms with Gasteiger partial charge < -0.3 is 10.1 Å². The molecule has 0 heterocycles. The van der Waals surface area contributed by atoms with Gasteiger partial charge in [0, 0.05) is 11.9 Å². The van der Waals surface area contributed by atoms with Crippen molar-refractivity contribution in [2.45, 2.75) is 13.0 Å². The third kappa shape index (κ3) is 2.85. The number of methoxy groups -OCH3 is 1. The SMILES string of the molecule is COc1cccc(F)c1C(=O)NC(C)CCl. The fourth-order valence-electron chi connectivity index (χ4n) is 1.23. The van der Waals surface area contributed by atoms with Gasteiger partial charge in [-0.1, -0.05) is 6.07 Å².